The molecule has 1 aromatic heterocycles. The molecule has 0 radical (unpaired) electrons. The maximum Gasteiger partial charge on any atom is 0.306 e. The second-order valence-electron chi connectivity index (χ2n) is 3.91. The fourth-order valence-electron chi connectivity index (χ4n) is 1.96. The van der Waals surface area contributed by atoms with Gasteiger partial charge in [-0.2, -0.15) is 0 Å². The van der Waals surface area contributed by atoms with Crippen LogP contribution in [0.1, 0.15) is 23.3 Å². The molecule has 1 fully saturated rings. The highest BCUT2D eigenvalue weighted by Crippen LogP contribution is 2.48. The molecule has 1 heterocycles. The van der Waals surface area contributed by atoms with Crippen LogP contribution >= 0.6 is 11.3 Å². The van der Waals surface area contributed by atoms with Gasteiger partial charge in [0.2, 0.25) is 0 Å². The number of aliphatic hydroxyl groups is 1. The van der Waals surface area contributed by atoms with E-state index in [4.69, 9.17) is 5.11 Å². The van der Waals surface area contributed by atoms with Crippen molar-refractivity contribution >= 4 is 17.3 Å². The molecule has 0 aromatic carbocycles. The van der Waals surface area contributed by atoms with E-state index in [9.17, 15) is 9.90 Å². The van der Waals surface area contributed by atoms with Gasteiger partial charge in [-0.15, -0.1) is 11.3 Å². The summed E-state index contributed by atoms with van der Waals surface area (Å²) in [5, 5.41) is 20.8. The summed E-state index contributed by atoms with van der Waals surface area (Å²) < 4.78 is 0. The molecule has 1 aromatic rings. The van der Waals surface area contributed by atoms with Gasteiger partial charge in [-0.25, -0.2) is 0 Å². The Balaban J connectivity index is 2.15. The molecule has 0 saturated heterocycles. The Kier molecular flexibility index (Phi) is 2.12. The third-order valence-corrected chi connectivity index (χ3v) is 4.01. The van der Waals surface area contributed by atoms with Gasteiger partial charge in [0.05, 0.1) is 5.92 Å². The molecule has 4 heteroatoms. The summed E-state index contributed by atoms with van der Waals surface area (Å²) in [4.78, 5) is 11.5. The van der Waals surface area contributed by atoms with Gasteiger partial charge in [0, 0.05) is 4.88 Å². The Labute approximate surface area is 86.0 Å². The van der Waals surface area contributed by atoms with E-state index in [0.29, 0.717) is 12.8 Å². The lowest BCUT2D eigenvalue weighted by molar-refractivity contribution is -0.159. The van der Waals surface area contributed by atoms with Crippen LogP contribution in [0.4, 0.5) is 0 Å². The third kappa shape index (κ3) is 1.35. The van der Waals surface area contributed by atoms with Gasteiger partial charge in [0.1, 0.15) is 5.60 Å². The number of hydrogen-bond acceptors (Lipinski definition) is 3. The summed E-state index contributed by atoms with van der Waals surface area (Å²) in [6, 6.07) is 1.95. The van der Waals surface area contributed by atoms with Crippen molar-refractivity contribution in [3.63, 3.8) is 0 Å². The molecule has 1 saturated carbocycles. The van der Waals surface area contributed by atoms with E-state index in [1.807, 2.05) is 18.4 Å². The van der Waals surface area contributed by atoms with Gasteiger partial charge in [0.25, 0.3) is 0 Å². The summed E-state index contributed by atoms with van der Waals surface area (Å²) in [6.07, 6.45) is 0.702. The smallest absolute Gasteiger partial charge is 0.306 e. The van der Waals surface area contributed by atoms with Crippen LogP contribution in [0.5, 0.6) is 0 Å². The second kappa shape index (κ2) is 3.07. The minimum absolute atomic E-state index is 0.351. The van der Waals surface area contributed by atoms with Crippen molar-refractivity contribution in [1.82, 2.24) is 0 Å². The molecular weight excluding hydrogens is 200 g/mol. The van der Waals surface area contributed by atoms with Crippen molar-refractivity contribution in [1.29, 1.82) is 0 Å². The molecule has 2 rings (SSSR count). The Hall–Kier alpha value is -0.870. The zero-order chi connectivity index (χ0) is 10.3. The van der Waals surface area contributed by atoms with Crippen LogP contribution in [0, 0.1) is 12.8 Å². The summed E-state index contributed by atoms with van der Waals surface area (Å²) in [5.41, 5.74) is 0.183. The van der Waals surface area contributed by atoms with Crippen LogP contribution in [0.25, 0.3) is 0 Å². The predicted octanol–water partition coefficient (Wildman–Crippen LogP) is 1.74. The van der Waals surface area contributed by atoms with Crippen molar-refractivity contribution < 1.29 is 15.0 Å². The molecule has 76 valence electrons. The van der Waals surface area contributed by atoms with Crippen LogP contribution < -0.4 is 0 Å². The molecule has 1 aliphatic rings. The lowest BCUT2D eigenvalue weighted by atomic mass is 9.69. The number of carboxylic acid groups (broad SMARTS) is 1. The minimum atomic E-state index is -0.874. The molecule has 0 unspecified atom stereocenters. The Morgan fingerprint density at radius 2 is 2.29 bits per heavy atom. The number of aryl methyl sites for hydroxylation is 1. The summed E-state index contributed by atoms with van der Waals surface area (Å²) in [6.45, 7) is 1.94. The van der Waals surface area contributed by atoms with E-state index in [0.717, 1.165) is 10.4 Å². The molecule has 0 amide bonds. The van der Waals surface area contributed by atoms with Crippen molar-refractivity contribution in [2.45, 2.75) is 25.4 Å². The number of aliphatic carboxylic acids is 1. The van der Waals surface area contributed by atoms with E-state index in [1.165, 1.54) is 11.3 Å². The number of carbonyl (C=O) groups is 1. The van der Waals surface area contributed by atoms with Crippen molar-refractivity contribution in [3.05, 3.63) is 21.9 Å². The number of rotatable bonds is 2. The predicted molar refractivity (Wildman–Crippen MR) is 53.3 cm³/mol. The Morgan fingerprint density at radius 3 is 2.71 bits per heavy atom. The second-order valence-corrected chi connectivity index (χ2v) is 4.82. The zero-order valence-corrected chi connectivity index (χ0v) is 8.67. The zero-order valence-electron chi connectivity index (χ0n) is 7.86. The van der Waals surface area contributed by atoms with Crippen molar-refractivity contribution in [2.75, 3.05) is 0 Å². The first-order chi connectivity index (χ1) is 6.53. The SMILES string of the molecule is Cc1ccsc1C1(O)CC(C(=O)O)C1. The lowest BCUT2D eigenvalue weighted by Gasteiger charge is -2.41. The van der Waals surface area contributed by atoms with Crippen molar-refractivity contribution in [3.8, 4) is 0 Å². The lowest BCUT2D eigenvalue weighted by Crippen LogP contribution is -2.44. The van der Waals surface area contributed by atoms with Crippen LogP contribution in [-0.2, 0) is 10.4 Å². The first kappa shape index (κ1) is 9.68. The molecule has 0 bridgehead atoms. The summed E-state index contributed by atoms with van der Waals surface area (Å²) >= 11 is 1.50. The standard InChI is InChI=1S/C10H12O3S/c1-6-2-3-14-8(6)10(13)4-7(5-10)9(11)12/h2-3,7,13H,4-5H2,1H3,(H,11,12). The normalized spacial score (nSPS) is 31.1. The fourth-order valence-corrected chi connectivity index (χ4v) is 3.01. The maximum absolute atomic E-state index is 10.6. The van der Waals surface area contributed by atoms with Crippen LogP contribution in [0.15, 0.2) is 11.4 Å². The quantitative estimate of drug-likeness (QED) is 0.785. The molecule has 0 atom stereocenters. The molecule has 1 aliphatic carbocycles. The van der Waals surface area contributed by atoms with Crippen LogP contribution in [0.2, 0.25) is 0 Å². The van der Waals surface area contributed by atoms with Crippen LogP contribution in [0.3, 0.4) is 0 Å². The molecule has 0 spiro atoms. The maximum atomic E-state index is 10.6. The van der Waals surface area contributed by atoms with Crippen molar-refractivity contribution in [2.24, 2.45) is 5.92 Å². The van der Waals surface area contributed by atoms with Gasteiger partial charge in [-0.1, -0.05) is 0 Å². The van der Waals surface area contributed by atoms with Gasteiger partial charge in [-0.05, 0) is 36.8 Å². The topological polar surface area (TPSA) is 57.5 Å². The minimum Gasteiger partial charge on any atom is -0.481 e. The molecule has 3 nitrogen and oxygen atoms in total. The molecular formula is C10H12O3S. The summed E-state index contributed by atoms with van der Waals surface area (Å²) in [5.74, 6) is -1.18. The van der Waals surface area contributed by atoms with E-state index >= 15 is 0 Å². The third-order valence-electron chi connectivity index (χ3n) is 2.80. The largest absolute Gasteiger partial charge is 0.481 e. The van der Waals surface area contributed by atoms with Gasteiger partial charge in [0.15, 0.2) is 0 Å². The highest BCUT2D eigenvalue weighted by molar-refractivity contribution is 7.10. The molecule has 14 heavy (non-hydrogen) atoms. The Bertz CT molecular complexity index is 363. The van der Waals surface area contributed by atoms with Gasteiger partial charge >= 0.3 is 5.97 Å². The van der Waals surface area contributed by atoms with E-state index in [-0.39, 0.29) is 5.92 Å². The van der Waals surface area contributed by atoms with E-state index in [2.05, 4.69) is 0 Å². The number of thiophene rings is 1. The number of hydrogen-bond donors (Lipinski definition) is 2. The Morgan fingerprint density at radius 1 is 1.64 bits per heavy atom. The molecule has 2 N–H and O–H groups in total. The van der Waals surface area contributed by atoms with E-state index < -0.39 is 11.6 Å². The highest BCUT2D eigenvalue weighted by atomic mass is 32.1. The summed E-state index contributed by atoms with van der Waals surface area (Å²) in [7, 11) is 0. The number of carboxylic acids is 1. The van der Waals surface area contributed by atoms with Crippen LogP contribution in [-0.4, -0.2) is 16.2 Å². The van der Waals surface area contributed by atoms with E-state index in [1.54, 1.807) is 0 Å². The molecule has 0 aliphatic heterocycles. The van der Waals surface area contributed by atoms with Gasteiger partial charge < -0.3 is 10.2 Å². The monoisotopic (exact) mass is 212 g/mol. The highest BCUT2D eigenvalue weighted by Gasteiger charge is 2.48. The first-order valence-corrected chi connectivity index (χ1v) is 5.41. The van der Waals surface area contributed by atoms with Gasteiger partial charge in [-0.3, -0.25) is 4.79 Å². The average Bonchev–Trinajstić information content (AvgIpc) is 2.45. The average molecular weight is 212 g/mol. The fraction of sp³-hybridized carbons (Fsp3) is 0.500. The first-order valence-electron chi connectivity index (χ1n) is 4.53.